The Hall–Kier alpha value is -3.49. The summed E-state index contributed by atoms with van der Waals surface area (Å²) < 4.78 is 42.5. The van der Waals surface area contributed by atoms with Crippen molar-refractivity contribution in [3.8, 4) is 12.0 Å². The molecule has 2 aromatic carbocycles. The average molecular weight is 576 g/mol. The van der Waals surface area contributed by atoms with Gasteiger partial charge < -0.3 is 14.6 Å². The molecule has 0 saturated carbocycles. The third-order valence-electron chi connectivity index (χ3n) is 5.13. The maximum Gasteiger partial charge on any atom is 0.362 e. The fraction of sp³-hybridized carbons (Fsp3) is 0.0455. The lowest BCUT2D eigenvalue weighted by molar-refractivity contribution is 0.454. The number of aromatic nitrogens is 2. The van der Waals surface area contributed by atoms with E-state index in [1.165, 1.54) is 47.0 Å². The Kier molecular flexibility index (Phi) is 5.07. The maximum absolute atomic E-state index is 14.8. The number of hydrogen-bond donors (Lipinski definition) is 1. The van der Waals surface area contributed by atoms with E-state index < -0.39 is 23.2 Å². The second-order valence-corrected chi connectivity index (χ2v) is 8.92. The lowest BCUT2D eigenvalue weighted by Crippen LogP contribution is -2.35. The van der Waals surface area contributed by atoms with Crippen LogP contribution in [0.15, 0.2) is 59.0 Å². The number of benzene rings is 2. The molecule has 0 unspecified atom stereocenters. The van der Waals surface area contributed by atoms with E-state index in [1.54, 1.807) is 0 Å². The van der Waals surface area contributed by atoms with Crippen LogP contribution in [0.4, 0.5) is 14.8 Å². The molecule has 33 heavy (non-hydrogen) atoms. The van der Waals surface area contributed by atoms with Gasteiger partial charge in [0.2, 0.25) is 11.4 Å². The quantitative estimate of drug-likeness (QED) is 0.392. The second-order valence-electron chi connectivity index (χ2n) is 7.09. The third kappa shape index (κ3) is 3.42. The van der Waals surface area contributed by atoms with Gasteiger partial charge in [-0.3, -0.25) is 0 Å². The summed E-state index contributed by atoms with van der Waals surface area (Å²) in [7, 11) is 0. The van der Waals surface area contributed by atoms with Crippen LogP contribution in [-0.2, 0) is 0 Å². The number of nitriles is 1. The lowest BCUT2D eigenvalue weighted by atomic mass is 9.87. The maximum atomic E-state index is 14.8. The number of nitrogens with zero attached hydrogens (tertiary/aromatic N) is 3. The number of nitrogens with two attached hydrogens (primary N) is 1. The van der Waals surface area contributed by atoms with Crippen molar-refractivity contribution in [2.75, 3.05) is 5.73 Å². The van der Waals surface area contributed by atoms with Crippen LogP contribution in [0.3, 0.4) is 0 Å². The van der Waals surface area contributed by atoms with Gasteiger partial charge in [-0.05, 0) is 42.5 Å². The molecule has 0 bridgehead atoms. The van der Waals surface area contributed by atoms with Gasteiger partial charge in [0.15, 0.2) is 0 Å². The Balaban J connectivity index is 1.92. The molecule has 4 aromatic rings. The zero-order chi connectivity index (χ0) is 23.4. The van der Waals surface area contributed by atoms with E-state index in [0.29, 0.717) is 8.95 Å². The van der Waals surface area contributed by atoms with Crippen LogP contribution in [0.2, 0.25) is 0 Å². The van der Waals surface area contributed by atoms with E-state index in [-0.39, 0.29) is 45.2 Å². The van der Waals surface area contributed by atoms with Crippen LogP contribution < -0.4 is 22.3 Å². The topological polar surface area (TPSA) is 111 Å². The number of halogens is 4. The summed E-state index contributed by atoms with van der Waals surface area (Å²) in [6.07, 6.45) is 1.26. The molecule has 2 N–H and O–H groups in total. The van der Waals surface area contributed by atoms with Crippen molar-refractivity contribution in [1.29, 1.82) is 5.26 Å². The molecular weight excluding hydrogens is 566 g/mol. The number of oxazole rings is 2. The van der Waals surface area contributed by atoms with Crippen LogP contribution in [0.25, 0.3) is 17.5 Å². The summed E-state index contributed by atoms with van der Waals surface area (Å²) in [4.78, 5) is 17.0. The second kappa shape index (κ2) is 7.83. The van der Waals surface area contributed by atoms with Crippen molar-refractivity contribution in [2.45, 2.75) is 5.92 Å². The van der Waals surface area contributed by atoms with Gasteiger partial charge in [0.25, 0.3) is 6.01 Å². The zero-order valence-electron chi connectivity index (χ0n) is 16.3. The summed E-state index contributed by atoms with van der Waals surface area (Å²) in [6.45, 7) is 0. The molecule has 1 aliphatic rings. The molecule has 0 saturated heterocycles. The summed E-state index contributed by atoms with van der Waals surface area (Å²) in [5, 5.41) is 9.85. The number of hydrogen-bond acceptors (Lipinski definition) is 6. The molecule has 1 atom stereocenters. The molecule has 5 rings (SSSR count). The smallest absolute Gasteiger partial charge is 0.362 e. The minimum absolute atomic E-state index is 0.0293. The van der Waals surface area contributed by atoms with Crippen molar-refractivity contribution >= 4 is 49.5 Å². The minimum atomic E-state index is -1.05. The van der Waals surface area contributed by atoms with Gasteiger partial charge in [0, 0.05) is 20.1 Å². The Labute approximate surface area is 200 Å². The molecule has 164 valence electrons. The molecule has 2 aromatic heterocycles. The Bertz CT molecular complexity index is 1680. The number of rotatable bonds is 2. The van der Waals surface area contributed by atoms with E-state index >= 15 is 0 Å². The van der Waals surface area contributed by atoms with Gasteiger partial charge >= 0.3 is 5.63 Å². The summed E-state index contributed by atoms with van der Waals surface area (Å²) in [6, 6.07) is 10.2. The first-order valence-corrected chi connectivity index (χ1v) is 10.9. The number of nitrogen functional groups attached to an aromatic ring is 1. The Morgan fingerprint density at radius 1 is 1.12 bits per heavy atom. The number of fused-ring (bicyclic) bond motifs is 3. The zero-order valence-corrected chi connectivity index (χ0v) is 19.4. The van der Waals surface area contributed by atoms with Crippen molar-refractivity contribution in [3.63, 3.8) is 0 Å². The first kappa shape index (κ1) is 21.4. The van der Waals surface area contributed by atoms with Gasteiger partial charge in [-0.2, -0.15) is 10.2 Å². The summed E-state index contributed by atoms with van der Waals surface area (Å²) in [5.41, 5.74) is 4.98. The van der Waals surface area contributed by atoms with Crippen molar-refractivity contribution in [1.82, 2.24) is 9.55 Å². The molecule has 0 fully saturated rings. The fourth-order valence-corrected chi connectivity index (χ4v) is 4.52. The first-order chi connectivity index (χ1) is 15.8. The van der Waals surface area contributed by atoms with Gasteiger partial charge in [-0.15, -0.1) is 0 Å². The van der Waals surface area contributed by atoms with Crippen molar-refractivity contribution < 1.29 is 17.6 Å². The summed E-state index contributed by atoms with van der Waals surface area (Å²) in [5.74, 6) is -2.27. The van der Waals surface area contributed by atoms with Crippen molar-refractivity contribution in [3.05, 3.63) is 95.1 Å². The van der Waals surface area contributed by atoms with E-state index in [9.17, 15) is 18.8 Å². The molecule has 0 aliphatic carbocycles. The molecular formula is C22H10Br2F2N4O3. The van der Waals surface area contributed by atoms with E-state index in [4.69, 9.17) is 14.6 Å². The largest absolute Gasteiger partial charge is 0.406 e. The normalized spacial score (nSPS) is 15.3. The average Bonchev–Trinajstić information content (AvgIpc) is 3.31. The molecule has 0 radical (unpaired) electrons. The monoisotopic (exact) mass is 574 g/mol. The van der Waals surface area contributed by atoms with Crippen LogP contribution in [-0.4, -0.2) is 9.55 Å². The molecule has 0 spiro atoms. The molecule has 1 aliphatic heterocycles. The van der Waals surface area contributed by atoms with Crippen molar-refractivity contribution in [2.24, 2.45) is 0 Å². The van der Waals surface area contributed by atoms with E-state index in [2.05, 4.69) is 36.8 Å². The third-order valence-corrected chi connectivity index (χ3v) is 6.12. The highest BCUT2D eigenvalue weighted by Crippen LogP contribution is 2.39. The first-order valence-electron chi connectivity index (χ1n) is 9.33. The lowest BCUT2D eigenvalue weighted by Gasteiger charge is -2.19. The van der Waals surface area contributed by atoms with Gasteiger partial charge in [0.1, 0.15) is 34.3 Å². The highest BCUT2D eigenvalue weighted by Gasteiger charge is 2.37. The van der Waals surface area contributed by atoms with E-state index in [0.717, 1.165) is 0 Å². The molecule has 11 heteroatoms. The van der Waals surface area contributed by atoms with Gasteiger partial charge in [0.05, 0.1) is 5.92 Å². The summed E-state index contributed by atoms with van der Waals surface area (Å²) >= 11 is 6.56. The van der Waals surface area contributed by atoms with E-state index in [1.807, 2.05) is 6.07 Å². The van der Waals surface area contributed by atoms with Crippen LogP contribution in [0.5, 0.6) is 0 Å². The number of anilines is 1. The van der Waals surface area contributed by atoms with Gasteiger partial charge in [-0.1, -0.05) is 31.9 Å². The SMILES string of the molecule is N#CC1=c2oc(=O)/c(=C\c3cc(Br)ccc3F)n2-c2oc(N)nc2[C@@H]1c1cc(Br)ccc1F. The highest BCUT2D eigenvalue weighted by molar-refractivity contribution is 9.10. The van der Waals surface area contributed by atoms with Crippen LogP contribution in [0.1, 0.15) is 22.7 Å². The Morgan fingerprint density at radius 3 is 2.55 bits per heavy atom. The predicted molar refractivity (Wildman–Crippen MR) is 121 cm³/mol. The standard InChI is InChI=1S/C22H10Br2F2N4O3/c23-10-1-3-14(25)9(5-10)6-16-21(31)32-19-13(8-27)17(12-7-11(24)2-4-15(12)26)18-20(30(16)19)33-22(28)29-18/h1-7,17H,(H2,28,29)/b16-6+/t17-/m1/s1. The van der Waals surface area contributed by atoms with Crippen LogP contribution in [0, 0.1) is 23.0 Å². The highest BCUT2D eigenvalue weighted by atomic mass is 79.9. The minimum Gasteiger partial charge on any atom is -0.406 e. The predicted octanol–water partition coefficient (Wildman–Crippen LogP) is 3.45. The van der Waals surface area contributed by atoms with Gasteiger partial charge in [-0.25, -0.2) is 18.1 Å². The molecule has 7 nitrogen and oxygen atoms in total. The molecule has 0 amide bonds. The fourth-order valence-electron chi connectivity index (χ4n) is 3.76. The molecule has 3 heterocycles. The van der Waals surface area contributed by atoms with Crippen LogP contribution >= 0.6 is 31.9 Å². The Morgan fingerprint density at radius 2 is 1.82 bits per heavy atom.